The Bertz CT molecular complexity index is 381. The van der Waals surface area contributed by atoms with E-state index in [2.05, 4.69) is 9.72 Å². The molecule has 0 aromatic carbocycles. The first-order chi connectivity index (χ1) is 7.15. The Balaban J connectivity index is 2.77. The largest absolute Gasteiger partial charge is 0.452 e. The number of ether oxygens (including phenoxy) is 1. The summed E-state index contributed by atoms with van der Waals surface area (Å²) in [5.41, 5.74) is 5.19. The van der Waals surface area contributed by atoms with Gasteiger partial charge in [-0.25, -0.2) is 9.78 Å². The lowest BCUT2D eigenvalue weighted by atomic mass is 10.3. The lowest BCUT2D eigenvalue weighted by Crippen LogP contribution is -2.21. The van der Waals surface area contributed by atoms with Gasteiger partial charge in [-0.15, -0.1) is 11.8 Å². The van der Waals surface area contributed by atoms with Gasteiger partial charge >= 0.3 is 5.97 Å². The minimum absolute atomic E-state index is 0.339. The molecule has 0 fully saturated rings. The van der Waals surface area contributed by atoms with Crippen LogP contribution in [0, 0.1) is 0 Å². The number of aromatic nitrogens is 1. The Kier molecular flexibility index (Phi) is 4.11. The normalized spacial score (nSPS) is 9.67. The number of nitrogens with two attached hydrogens (primary N) is 1. The SMILES string of the molecule is CSc1ncccc1C(=O)OCC(N)=O. The van der Waals surface area contributed by atoms with Crippen molar-refractivity contribution in [3.63, 3.8) is 0 Å². The highest BCUT2D eigenvalue weighted by Crippen LogP contribution is 2.17. The summed E-state index contributed by atoms with van der Waals surface area (Å²) in [4.78, 5) is 25.9. The second-order valence-electron chi connectivity index (χ2n) is 2.60. The number of hydrogen-bond acceptors (Lipinski definition) is 5. The lowest BCUT2D eigenvalue weighted by Gasteiger charge is -2.04. The number of primary amides is 1. The van der Waals surface area contributed by atoms with Crippen molar-refractivity contribution < 1.29 is 14.3 Å². The van der Waals surface area contributed by atoms with E-state index in [1.54, 1.807) is 24.6 Å². The maximum atomic E-state index is 11.4. The summed E-state index contributed by atoms with van der Waals surface area (Å²) in [6.07, 6.45) is 3.38. The van der Waals surface area contributed by atoms with Gasteiger partial charge in [0.15, 0.2) is 6.61 Å². The standard InChI is InChI=1S/C9H10N2O3S/c1-15-8-6(3-2-4-11-8)9(13)14-5-7(10)12/h2-4H,5H2,1H3,(H2,10,12). The van der Waals surface area contributed by atoms with Crippen molar-refractivity contribution in [3.05, 3.63) is 23.9 Å². The maximum Gasteiger partial charge on any atom is 0.341 e. The number of amides is 1. The first-order valence-corrected chi connectivity index (χ1v) is 5.32. The summed E-state index contributed by atoms with van der Waals surface area (Å²) < 4.78 is 4.67. The molecule has 1 aromatic heterocycles. The van der Waals surface area contributed by atoms with Gasteiger partial charge in [0.25, 0.3) is 5.91 Å². The molecule has 0 bridgehead atoms. The van der Waals surface area contributed by atoms with E-state index in [-0.39, 0.29) is 0 Å². The number of thioether (sulfide) groups is 1. The molecule has 15 heavy (non-hydrogen) atoms. The quantitative estimate of drug-likeness (QED) is 0.595. The molecule has 0 spiro atoms. The summed E-state index contributed by atoms with van der Waals surface area (Å²) in [5, 5.41) is 0.562. The monoisotopic (exact) mass is 226 g/mol. The van der Waals surface area contributed by atoms with Crippen molar-refractivity contribution in [2.45, 2.75) is 5.03 Å². The summed E-state index contributed by atoms with van der Waals surface area (Å²) in [7, 11) is 0. The minimum Gasteiger partial charge on any atom is -0.452 e. The summed E-state index contributed by atoms with van der Waals surface area (Å²) in [5.74, 6) is -1.27. The fourth-order valence-electron chi connectivity index (χ4n) is 0.923. The molecule has 0 radical (unpaired) electrons. The third-order valence-electron chi connectivity index (χ3n) is 1.53. The van der Waals surface area contributed by atoms with Crippen LogP contribution in [0.3, 0.4) is 0 Å². The van der Waals surface area contributed by atoms with Crippen molar-refractivity contribution in [3.8, 4) is 0 Å². The molecule has 0 aliphatic carbocycles. The van der Waals surface area contributed by atoms with Crippen LogP contribution in [0.2, 0.25) is 0 Å². The number of carbonyl (C=O) groups excluding carboxylic acids is 2. The summed E-state index contributed by atoms with van der Waals surface area (Å²) >= 11 is 1.33. The van der Waals surface area contributed by atoms with Gasteiger partial charge in [0.2, 0.25) is 0 Å². The van der Waals surface area contributed by atoms with Crippen molar-refractivity contribution >= 4 is 23.6 Å². The van der Waals surface area contributed by atoms with Crippen LogP contribution >= 0.6 is 11.8 Å². The molecule has 0 saturated carbocycles. The van der Waals surface area contributed by atoms with Gasteiger partial charge in [0.1, 0.15) is 5.03 Å². The molecule has 6 heteroatoms. The number of nitrogens with zero attached hydrogens (tertiary/aromatic N) is 1. The topological polar surface area (TPSA) is 82.3 Å². The van der Waals surface area contributed by atoms with Crippen LogP contribution in [0.5, 0.6) is 0 Å². The average Bonchev–Trinajstić information content (AvgIpc) is 2.25. The second-order valence-corrected chi connectivity index (χ2v) is 3.40. The lowest BCUT2D eigenvalue weighted by molar-refractivity contribution is -0.121. The third kappa shape index (κ3) is 3.25. The van der Waals surface area contributed by atoms with Gasteiger partial charge in [0.05, 0.1) is 5.56 Å². The van der Waals surface area contributed by atoms with E-state index >= 15 is 0 Å². The van der Waals surface area contributed by atoms with E-state index in [0.717, 1.165) is 0 Å². The number of esters is 1. The Morgan fingerprint density at radius 3 is 2.93 bits per heavy atom. The molecule has 0 atom stereocenters. The predicted octanol–water partition coefficient (Wildman–Crippen LogP) is 0.446. The van der Waals surface area contributed by atoms with Crippen molar-refractivity contribution in [1.29, 1.82) is 0 Å². The number of rotatable bonds is 4. The Morgan fingerprint density at radius 1 is 1.60 bits per heavy atom. The van der Waals surface area contributed by atoms with E-state index in [1.807, 2.05) is 0 Å². The molecule has 1 rings (SSSR count). The Labute approximate surface area is 91.0 Å². The summed E-state index contributed by atoms with van der Waals surface area (Å²) in [6.45, 7) is -0.415. The molecule has 0 aliphatic rings. The van der Waals surface area contributed by atoms with Crippen LogP contribution in [0.25, 0.3) is 0 Å². The van der Waals surface area contributed by atoms with E-state index < -0.39 is 18.5 Å². The molecule has 0 aliphatic heterocycles. The summed E-state index contributed by atoms with van der Waals surface area (Å²) in [6, 6.07) is 3.21. The zero-order valence-corrected chi connectivity index (χ0v) is 8.91. The van der Waals surface area contributed by atoms with Gasteiger partial charge in [-0.3, -0.25) is 4.79 Å². The van der Waals surface area contributed by atoms with Crippen molar-refractivity contribution in [1.82, 2.24) is 4.98 Å². The van der Waals surface area contributed by atoms with Gasteiger partial charge in [-0.1, -0.05) is 0 Å². The minimum atomic E-state index is -0.682. The molecule has 0 unspecified atom stereocenters. The fourth-order valence-corrected chi connectivity index (χ4v) is 1.46. The Morgan fingerprint density at radius 2 is 2.33 bits per heavy atom. The molecule has 1 aromatic rings. The van der Waals surface area contributed by atoms with Crippen LogP contribution in [0.4, 0.5) is 0 Å². The first-order valence-electron chi connectivity index (χ1n) is 4.09. The molecular formula is C9H10N2O3S. The van der Waals surface area contributed by atoms with Crippen LogP contribution in [0.1, 0.15) is 10.4 Å². The van der Waals surface area contributed by atoms with Gasteiger partial charge in [0, 0.05) is 6.20 Å². The molecule has 1 amide bonds. The first kappa shape index (κ1) is 11.5. The van der Waals surface area contributed by atoms with Gasteiger partial charge in [-0.2, -0.15) is 0 Å². The molecule has 2 N–H and O–H groups in total. The highest BCUT2D eigenvalue weighted by Gasteiger charge is 2.13. The predicted molar refractivity (Wildman–Crippen MR) is 55.5 cm³/mol. The smallest absolute Gasteiger partial charge is 0.341 e. The maximum absolute atomic E-state index is 11.4. The zero-order valence-electron chi connectivity index (χ0n) is 8.10. The van der Waals surface area contributed by atoms with Crippen LogP contribution < -0.4 is 5.73 Å². The third-order valence-corrected chi connectivity index (χ3v) is 2.24. The highest BCUT2D eigenvalue weighted by atomic mass is 32.2. The van der Waals surface area contributed by atoms with Crippen LogP contribution in [0.15, 0.2) is 23.4 Å². The molecule has 0 saturated heterocycles. The Hall–Kier alpha value is -1.56. The average molecular weight is 226 g/mol. The van der Waals surface area contributed by atoms with E-state index in [0.29, 0.717) is 10.6 Å². The fraction of sp³-hybridized carbons (Fsp3) is 0.222. The van der Waals surface area contributed by atoms with Crippen LogP contribution in [-0.4, -0.2) is 29.7 Å². The molecular weight excluding hydrogens is 216 g/mol. The van der Waals surface area contributed by atoms with Crippen molar-refractivity contribution in [2.24, 2.45) is 5.73 Å². The molecule has 80 valence electrons. The highest BCUT2D eigenvalue weighted by molar-refractivity contribution is 7.98. The number of carbonyl (C=O) groups is 2. The number of pyridine rings is 1. The van der Waals surface area contributed by atoms with Crippen molar-refractivity contribution in [2.75, 3.05) is 12.9 Å². The molecule has 1 heterocycles. The van der Waals surface area contributed by atoms with Gasteiger partial charge < -0.3 is 10.5 Å². The van der Waals surface area contributed by atoms with E-state index in [4.69, 9.17) is 5.73 Å². The van der Waals surface area contributed by atoms with Crippen LogP contribution in [-0.2, 0) is 9.53 Å². The van der Waals surface area contributed by atoms with E-state index in [9.17, 15) is 9.59 Å². The van der Waals surface area contributed by atoms with E-state index in [1.165, 1.54) is 11.8 Å². The second kappa shape index (κ2) is 5.35. The molecule has 5 nitrogen and oxygen atoms in total. The zero-order chi connectivity index (χ0) is 11.3. The number of hydrogen-bond donors (Lipinski definition) is 1. The van der Waals surface area contributed by atoms with Gasteiger partial charge in [-0.05, 0) is 18.4 Å².